The van der Waals surface area contributed by atoms with Gasteiger partial charge in [-0.25, -0.2) is 9.78 Å². The van der Waals surface area contributed by atoms with Crippen LogP contribution in [0.25, 0.3) is 0 Å². The van der Waals surface area contributed by atoms with Gasteiger partial charge in [-0.2, -0.15) is 13.2 Å². The summed E-state index contributed by atoms with van der Waals surface area (Å²) in [5.74, 6) is -1.49. The van der Waals surface area contributed by atoms with Crippen LogP contribution in [0.3, 0.4) is 0 Å². The molecule has 1 aromatic carbocycles. The van der Waals surface area contributed by atoms with Crippen molar-refractivity contribution in [1.29, 1.82) is 0 Å². The van der Waals surface area contributed by atoms with Gasteiger partial charge in [-0.15, -0.1) is 0 Å². The Labute approximate surface area is 238 Å². The van der Waals surface area contributed by atoms with Crippen molar-refractivity contribution in [3.8, 4) is 5.88 Å². The van der Waals surface area contributed by atoms with Gasteiger partial charge in [0.2, 0.25) is 5.88 Å². The van der Waals surface area contributed by atoms with Crippen LogP contribution in [0.1, 0.15) is 63.3 Å². The fraction of sp³-hybridized carbons (Fsp3) is 0.567. The fourth-order valence-corrected chi connectivity index (χ4v) is 5.87. The monoisotopic (exact) mass is 578 g/mol. The predicted octanol–water partition coefficient (Wildman–Crippen LogP) is 5.35. The molecule has 0 unspecified atom stereocenters. The molecule has 4 rings (SSSR count). The van der Waals surface area contributed by atoms with Crippen molar-refractivity contribution < 1.29 is 41.7 Å². The first-order valence-corrected chi connectivity index (χ1v) is 13.8. The number of amides is 1. The van der Waals surface area contributed by atoms with Crippen LogP contribution >= 0.6 is 0 Å². The second kappa shape index (κ2) is 12.4. The zero-order valence-corrected chi connectivity index (χ0v) is 23.9. The van der Waals surface area contributed by atoms with Crippen molar-refractivity contribution in [1.82, 2.24) is 9.88 Å². The molecule has 2 aliphatic rings. The molecule has 2 saturated heterocycles. The number of hydrogen-bond donors (Lipinski definition) is 0. The zero-order valence-electron chi connectivity index (χ0n) is 23.9. The summed E-state index contributed by atoms with van der Waals surface area (Å²) in [7, 11) is 1.32. The molecule has 0 N–H and O–H groups in total. The maximum Gasteiger partial charge on any atom is 0.417 e. The van der Waals surface area contributed by atoms with Crippen LogP contribution in [0, 0.1) is 11.3 Å². The molecule has 2 fully saturated rings. The van der Waals surface area contributed by atoms with Crippen molar-refractivity contribution >= 4 is 11.9 Å². The van der Waals surface area contributed by atoms with Crippen LogP contribution in [0.5, 0.6) is 5.88 Å². The van der Waals surface area contributed by atoms with Gasteiger partial charge in [0.25, 0.3) is 5.91 Å². The number of esters is 1. The van der Waals surface area contributed by atoms with E-state index in [1.165, 1.54) is 12.0 Å². The lowest BCUT2D eigenvalue weighted by Crippen LogP contribution is -2.50. The Morgan fingerprint density at radius 3 is 2.41 bits per heavy atom. The molecule has 2 aliphatic heterocycles. The molecule has 0 bridgehead atoms. The number of halogens is 3. The number of nitrogens with zero attached hydrogens (tertiary/aromatic N) is 2. The Kier molecular flexibility index (Phi) is 9.28. The molecule has 224 valence electrons. The summed E-state index contributed by atoms with van der Waals surface area (Å²) >= 11 is 0. The molecule has 11 heteroatoms. The van der Waals surface area contributed by atoms with Gasteiger partial charge >= 0.3 is 12.1 Å². The molecule has 41 heavy (non-hydrogen) atoms. The largest absolute Gasteiger partial charge is 0.481 e. The highest BCUT2D eigenvalue weighted by Gasteiger charge is 2.60. The first-order valence-electron chi connectivity index (χ1n) is 13.8. The number of aromatic nitrogens is 1. The molecule has 8 nitrogen and oxygen atoms in total. The molecule has 0 spiro atoms. The molecule has 0 saturated carbocycles. The molecule has 1 aromatic heterocycles. The summed E-state index contributed by atoms with van der Waals surface area (Å²) in [5, 5.41) is 0. The lowest BCUT2D eigenvalue weighted by molar-refractivity contribution is -0.160. The Balaban J connectivity index is 1.83. The van der Waals surface area contributed by atoms with Crippen LogP contribution in [-0.4, -0.2) is 60.3 Å². The van der Waals surface area contributed by atoms with E-state index in [9.17, 15) is 22.8 Å². The Hall–Kier alpha value is -3.18. The lowest BCUT2D eigenvalue weighted by atomic mass is 9.73. The number of alkyl halides is 3. The van der Waals surface area contributed by atoms with E-state index in [1.807, 2.05) is 51.1 Å². The first-order chi connectivity index (χ1) is 19.4. The smallest absolute Gasteiger partial charge is 0.417 e. The summed E-state index contributed by atoms with van der Waals surface area (Å²) in [4.78, 5) is 33.1. The fourth-order valence-electron chi connectivity index (χ4n) is 5.87. The molecule has 3 heterocycles. The van der Waals surface area contributed by atoms with E-state index in [4.69, 9.17) is 18.9 Å². The van der Waals surface area contributed by atoms with E-state index < -0.39 is 53.3 Å². The highest BCUT2D eigenvalue weighted by molar-refractivity contribution is 5.89. The summed E-state index contributed by atoms with van der Waals surface area (Å²) in [6, 6.07) is 8.37. The molecule has 0 aliphatic carbocycles. The third-order valence-corrected chi connectivity index (χ3v) is 7.61. The number of carbonyl (C=O) groups is 2. The van der Waals surface area contributed by atoms with Gasteiger partial charge in [-0.1, -0.05) is 51.1 Å². The van der Waals surface area contributed by atoms with Gasteiger partial charge < -0.3 is 23.8 Å². The lowest BCUT2D eigenvalue weighted by Gasteiger charge is -2.35. The van der Waals surface area contributed by atoms with Gasteiger partial charge in [0.15, 0.2) is 0 Å². The minimum Gasteiger partial charge on any atom is -0.481 e. The minimum absolute atomic E-state index is 0.00574. The van der Waals surface area contributed by atoms with E-state index in [0.29, 0.717) is 19.2 Å². The molecule has 2 aromatic rings. The van der Waals surface area contributed by atoms with Gasteiger partial charge in [0.1, 0.15) is 12.1 Å². The normalized spacial score (nSPS) is 24.9. The molecular formula is C30H37F3N2O6. The van der Waals surface area contributed by atoms with Crippen LogP contribution in [0.2, 0.25) is 0 Å². The summed E-state index contributed by atoms with van der Waals surface area (Å²) in [5.41, 5.74) is -0.705. The summed E-state index contributed by atoms with van der Waals surface area (Å²) in [6.07, 6.45) is -4.18. The number of methoxy groups -OCH3 is 1. The zero-order chi connectivity index (χ0) is 29.9. The highest BCUT2D eigenvalue weighted by Crippen LogP contribution is 2.50. The molecular weight excluding hydrogens is 541 g/mol. The van der Waals surface area contributed by atoms with Crippen LogP contribution < -0.4 is 4.74 Å². The van der Waals surface area contributed by atoms with Crippen LogP contribution in [0.15, 0.2) is 42.6 Å². The second-order valence-corrected chi connectivity index (χ2v) is 11.4. The van der Waals surface area contributed by atoms with Crippen LogP contribution in [-0.2, 0) is 36.6 Å². The van der Waals surface area contributed by atoms with Crippen molar-refractivity contribution in [2.45, 2.75) is 77.6 Å². The number of likely N-dealkylation sites (tertiary alicyclic amines) is 1. The second-order valence-electron chi connectivity index (χ2n) is 11.4. The predicted molar refractivity (Wildman–Crippen MR) is 143 cm³/mol. The van der Waals surface area contributed by atoms with Gasteiger partial charge in [0.05, 0.1) is 38.0 Å². The van der Waals surface area contributed by atoms with Gasteiger partial charge in [-0.3, -0.25) is 4.79 Å². The van der Waals surface area contributed by atoms with Crippen molar-refractivity contribution in [3.63, 3.8) is 0 Å². The number of benzene rings is 1. The quantitative estimate of drug-likeness (QED) is 0.390. The highest BCUT2D eigenvalue weighted by atomic mass is 19.4. The topological polar surface area (TPSA) is 87.2 Å². The first kappa shape index (κ1) is 30.8. The van der Waals surface area contributed by atoms with E-state index >= 15 is 0 Å². The Morgan fingerprint density at radius 2 is 1.85 bits per heavy atom. The Morgan fingerprint density at radius 1 is 1.15 bits per heavy atom. The van der Waals surface area contributed by atoms with E-state index in [-0.39, 0.29) is 30.6 Å². The number of pyridine rings is 1. The SMILES string of the molecule is CCOC(=O)[C@@H]1[C@@H](C(C)(C)C)[C@H](OCc2cc(C(F)(F)F)cnc2OC)[C@H](c2ccccc2)N1C(=O)[C@@H]1CCCO1. The Bertz CT molecular complexity index is 1210. The van der Waals surface area contributed by atoms with Crippen molar-refractivity contribution in [3.05, 3.63) is 59.3 Å². The number of hydrogen-bond acceptors (Lipinski definition) is 7. The van der Waals surface area contributed by atoms with Crippen LogP contribution in [0.4, 0.5) is 13.2 Å². The average molecular weight is 579 g/mol. The van der Waals surface area contributed by atoms with Gasteiger partial charge in [-0.05, 0) is 36.8 Å². The third-order valence-electron chi connectivity index (χ3n) is 7.61. The molecule has 1 amide bonds. The standard InChI is InChI=1S/C30H37F3N2O6/c1-6-39-28(37)24-22(29(2,3)4)25(41-17-19-15-20(30(31,32)33)16-34-26(19)38-5)23(18-11-8-7-9-12-18)35(24)27(36)21-13-10-14-40-21/h7-9,11-12,15-16,21-25H,6,10,13-14,17H2,1-5H3/t21-,22+,23-,24-,25-/m0/s1. The summed E-state index contributed by atoms with van der Waals surface area (Å²) < 4.78 is 63.5. The number of carbonyl (C=O) groups excluding carboxylic acids is 2. The van der Waals surface area contributed by atoms with E-state index in [0.717, 1.165) is 18.1 Å². The maximum absolute atomic E-state index is 14.1. The average Bonchev–Trinajstić information content (AvgIpc) is 3.58. The summed E-state index contributed by atoms with van der Waals surface area (Å²) in [6.45, 7) is 7.77. The van der Waals surface area contributed by atoms with Crippen molar-refractivity contribution in [2.75, 3.05) is 20.3 Å². The third kappa shape index (κ3) is 6.51. The molecule has 5 atom stereocenters. The van der Waals surface area contributed by atoms with E-state index in [1.54, 1.807) is 6.92 Å². The maximum atomic E-state index is 14.1. The van der Waals surface area contributed by atoms with E-state index in [2.05, 4.69) is 4.98 Å². The van der Waals surface area contributed by atoms with Gasteiger partial charge in [0, 0.05) is 24.3 Å². The van der Waals surface area contributed by atoms with Crippen molar-refractivity contribution in [2.24, 2.45) is 11.3 Å². The number of rotatable bonds is 8. The molecule has 0 radical (unpaired) electrons. The number of ether oxygens (including phenoxy) is 4. The minimum atomic E-state index is -4.61.